The number of furan rings is 2. The predicted molar refractivity (Wildman–Crippen MR) is 184 cm³/mol. The molecule has 0 N–H and O–H groups in total. The molecule has 0 unspecified atom stereocenters. The van der Waals surface area contributed by atoms with E-state index in [1.165, 1.54) is 0 Å². The minimum atomic E-state index is 0.645. The van der Waals surface area contributed by atoms with E-state index in [1.54, 1.807) is 0 Å². The van der Waals surface area contributed by atoms with Gasteiger partial charge in [0.1, 0.15) is 22.3 Å². The number of hydrogen-bond donors (Lipinski definition) is 0. The zero-order chi connectivity index (χ0) is 29.2. The molecular weight excluding hydrogens is 562 g/mol. The Labute approximate surface area is 258 Å². The SMILES string of the molecule is Clc1cc(-c2cccc3c(N(c4ccccc4)c4ccc5oc6ccccc6c5c4)cccc23)c2c(c1)oc1ccccc12. The van der Waals surface area contributed by atoms with E-state index in [2.05, 4.69) is 120 Å². The molecule has 3 nitrogen and oxygen atoms in total. The molecule has 0 saturated carbocycles. The van der Waals surface area contributed by atoms with Gasteiger partial charge >= 0.3 is 0 Å². The highest BCUT2D eigenvalue weighted by Gasteiger charge is 2.20. The molecule has 0 aliphatic heterocycles. The average Bonchev–Trinajstić information content (AvgIpc) is 3.63. The van der Waals surface area contributed by atoms with Crippen LogP contribution in [0.25, 0.3) is 65.8 Å². The first-order valence-corrected chi connectivity index (χ1v) is 15.0. The highest BCUT2D eigenvalue weighted by molar-refractivity contribution is 6.32. The van der Waals surface area contributed by atoms with Gasteiger partial charge in [-0.3, -0.25) is 0 Å². The third-order valence-corrected chi connectivity index (χ3v) is 8.72. The fraction of sp³-hybridized carbons (Fsp3) is 0. The Balaban J connectivity index is 1.31. The molecule has 4 heteroatoms. The van der Waals surface area contributed by atoms with Crippen LogP contribution in [-0.4, -0.2) is 0 Å². The van der Waals surface area contributed by atoms with Gasteiger partial charge in [-0.1, -0.05) is 96.5 Å². The van der Waals surface area contributed by atoms with Crippen LogP contribution in [0.4, 0.5) is 17.1 Å². The van der Waals surface area contributed by atoms with Gasteiger partial charge in [-0.15, -0.1) is 0 Å². The van der Waals surface area contributed by atoms with Crippen molar-refractivity contribution in [2.75, 3.05) is 4.90 Å². The minimum absolute atomic E-state index is 0.645. The highest BCUT2D eigenvalue weighted by Crippen LogP contribution is 2.45. The number of fused-ring (bicyclic) bond motifs is 7. The van der Waals surface area contributed by atoms with Crippen molar-refractivity contribution in [3.8, 4) is 11.1 Å². The summed E-state index contributed by atoms with van der Waals surface area (Å²) in [6, 6.07) is 50.3. The van der Waals surface area contributed by atoms with Crippen LogP contribution in [0.2, 0.25) is 5.02 Å². The predicted octanol–water partition coefficient (Wildman–Crippen LogP) is 12.4. The lowest BCUT2D eigenvalue weighted by Gasteiger charge is -2.27. The molecule has 7 aromatic carbocycles. The van der Waals surface area contributed by atoms with E-state index in [4.69, 9.17) is 20.4 Å². The standard InChI is InChI=1S/C40H24ClNO2/c41-25-22-34(40-32-13-5-7-19-37(32)44-39(40)23-25)29-14-8-16-30-28(29)15-9-17-35(30)42(26-10-2-1-3-11-26)27-20-21-38-33(24-27)31-12-4-6-18-36(31)43-38/h1-24H. The molecule has 2 aromatic heterocycles. The van der Waals surface area contributed by atoms with E-state index in [0.29, 0.717) is 5.02 Å². The topological polar surface area (TPSA) is 29.5 Å². The minimum Gasteiger partial charge on any atom is -0.456 e. The molecule has 0 aliphatic carbocycles. The Kier molecular flexibility index (Phi) is 5.56. The number of anilines is 3. The van der Waals surface area contributed by atoms with Gasteiger partial charge in [0.05, 0.1) is 5.69 Å². The lowest BCUT2D eigenvalue weighted by Crippen LogP contribution is -2.10. The van der Waals surface area contributed by atoms with Crippen molar-refractivity contribution in [3.05, 3.63) is 151 Å². The summed E-state index contributed by atoms with van der Waals surface area (Å²) in [5.74, 6) is 0. The summed E-state index contributed by atoms with van der Waals surface area (Å²) >= 11 is 6.70. The largest absolute Gasteiger partial charge is 0.456 e. The summed E-state index contributed by atoms with van der Waals surface area (Å²) in [7, 11) is 0. The first-order valence-electron chi connectivity index (χ1n) is 14.6. The fourth-order valence-corrected chi connectivity index (χ4v) is 6.82. The van der Waals surface area contributed by atoms with Gasteiger partial charge in [-0.2, -0.15) is 0 Å². The van der Waals surface area contributed by atoms with E-state index < -0.39 is 0 Å². The quantitative estimate of drug-likeness (QED) is 0.206. The molecule has 9 aromatic rings. The van der Waals surface area contributed by atoms with E-state index >= 15 is 0 Å². The molecule has 0 saturated heterocycles. The number of nitrogens with zero attached hydrogens (tertiary/aromatic N) is 1. The number of para-hydroxylation sites is 3. The summed E-state index contributed by atoms with van der Waals surface area (Å²) < 4.78 is 12.4. The molecule has 0 amide bonds. The van der Waals surface area contributed by atoms with E-state index in [9.17, 15) is 0 Å². The van der Waals surface area contributed by atoms with Crippen LogP contribution in [0.1, 0.15) is 0 Å². The second-order valence-electron chi connectivity index (χ2n) is 11.1. The molecule has 0 radical (unpaired) electrons. The Morgan fingerprint density at radius 1 is 0.409 bits per heavy atom. The normalized spacial score (nSPS) is 11.8. The van der Waals surface area contributed by atoms with E-state index in [-0.39, 0.29) is 0 Å². The van der Waals surface area contributed by atoms with Crippen LogP contribution in [0.5, 0.6) is 0 Å². The van der Waals surface area contributed by atoms with Crippen LogP contribution in [0.15, 0.2) is 154 Å². The van der Waals surface area contributed by atoms with Crippen LogP contribution < -0.4 is 4.90 Å². The van der Waals surface area contributed by atoms with Crippen molar-refractivity contribution in [2.24, 2.45) is 0 Å². The fourth-order valence-electron chi connectivity index (χ4n) is 6.61. The van der Waals surface area contributed by atoms with Crippen molar-refractivity contribution in [3.63, 3.8) is 0 Å². The Morgan fingerprint density at radius 2 is 1.07 bits per heavy atom. The summed E-state index contributed by atoms with van der Waals surface area (Å²) in [5, 5.41) is 7.25. The molecule has 9 rings (SSSR count). The Bertz CT molecular complexity index is 2530. The highest BCUT2D eigenvalue weighted by atomic mass is 35.5. The summed E-state index contributed by atoms with van der Waals surface area (Å²) in [6.07, 6.45) is 0. The van der Waals surface area contributed by atoms with Crippen LogP contribution in [-0.2, 0) is 0 Å². The van der Waals surface area contributed by atoms with Gasteiger partial charge in [0.25, 0.3) is 0 Å². The maximum atomic E-state index is 6.70. The summed E-state index contributed by atoms with van der Waals surface area (Å²) in [4.78, 5) is 2.33. The second kappa shape index (κ2) is 9.77. The van der Waals surface area contributed by atoms with E-state index in [0.717, 1.165) is 82.8 Å². The van der Waals surface area contributed by atoms with Gasteiger partial charge in [0.2, 0.25) is 0 Å². The Morgan fingerprint density at radius 3 is 1.93 bits per heavy atom. The van der Waals surface area contributed by atoms with Gasteiger partial charge < -0.3 is 13.7 Å². The van der Waals surface area contributed by atoms with Gasteiger partial charge in [-0.05, 0) is 71.1 Å². The summed E-state index contributed by atoms with van der Waals surface area (Å²) in [6.45, 7) is 0. The molecule has 44 heavy (non-hydrogen) atoms. The molecule has 0 atom stereocenters. The maximum absolute atomic E-state index is 6.70. The van der Waals surface area contributed by atoms with E-state index in [1.807, 2.05) is 30.3 Å². The zero-order valence-corrected chi connectivity index (χ0v) is 24.3. The number of halogens is 1. The molecule has 0 fully saturated rings. The van der Waals surface area contributed by atoms with Crippen LogP contribution >= 0.6 is 11.6 Å². The van der Waals surface area contributed by atoms with Crippen molar-refractivity contribution in [1.82, 2.24) is 0 Å². The lowest BCUT2D eigenvalue weighted by molar-refractivity contribution is 0.668. The molecule has 0 spiro atoms. The smallest absolute Gasteiger partial charge is 0.137 e. The number of rotatable bonds is 4. The van der Waals surface area contributed by atoms with Crippen molar-refractivity contribution < 1.29 is 8.83 Å². The first kappa shape index (κ1) is 25.0. The molecule has 0 aliphatic rings. The van der Waals surface area contributed by atoms with Crippen molar-refractivity contribution in [1.29, 1.82) is 0 Å². The first-order chi connectivity index (χ1) is 21.7. The van der Waals surface area contributed by atoms with Crippen LogP contribution in [0, 0.1) is 0 Å². The number of benzene rings is 7. The molecule has 2 heterocycles. The monoisotopic (exact) mass is 585 g/mol. The van der Waals surface area contributed by atoms with Gasteiger partial charge in [-0.25, -0.2) is 0 Å². The van der Waals surface area contributed by atoms with Crippen molar-refractivity contribution >= 4 is 83.3 Å². The molecule has 0 bridgehead atoms. The number of hydrogen-bond acceptors (Lipinski definition) is 3. The maximum Gasteiger partial charge on any atom is 0.137 e. The summed E-state index contributed by atoms with van der Waals surface area (Å²) in [5.41, 5.74) is 8.77. The third kappa shape index (κ3) is 3.83. The third-order valence-electron chi connectivity index (χ3n) is 8.51. The average molecular weight is 586 g/mol. The van der Waals surface area contributed by atoms with Crippen LogP contribution in [0.3, 0.4) is 0 Å². The second-order valence-corrected chi connectivity index (χ2v) is 11.5. The molecular formula is C40H24ClNO2. The van der Waals surface area contributed by atoms with Gasteiger partial charge in [0.15, 0.2) is 0 Å². The zero-order valence-electron chi connectivity index (χ0n) is 23.5. The van der Waals surface area contributed by atoms with Gasteiger partial charge in [0, 0.05) is 49.4 Å². The Hall–Kier alpha value is -5.51. The molecule has 208 valence electrons. The van der Waals surface area contributed by atoms with Crippen molar-refractivity contribution in [2.45, 2.75) is 0 Å². The lowest BCUT2D eigenvalue weighted by atomic mass is 9.93.